The Morgan fingerprint density at radius 2 is 1.61 bits per heavy atom. The van der Waals surface area contributed by atoms with Gasteiger partial charge in [-0.1, -0.05) is 0 Å². The molecule has 0 spiro atoms. The molecule has 1 aromatic carbocycles. The van der Waals surface area contributed by atoms with Crippen LogP contribution in [0.3, 0.4) is 0 Å². The maximum atomic E-state index is 12.8. The van der Waals surface area contributed by atoms with Crippen molar-refractivity contribution in [2.75, 3.05) is 23.3 Å². The predicted octanol–water partition coefficient (Wildman–Crippen LogP) is 3.52. The normalized spacial score (nSPS) is 12.9. The van der Waals surface area contributed by atoms with Gasteiger partial charge in [-0.05, 0) is 49.2 Å². The molecule has 1 saturated heterocycles. The first-order valence-corrected chi connectivity index (χ1v) is 11.2. The fourth-order valence-electron chi connectivity index (χ4n) is 3.76. The van der Waals surface area contributed by atoms with E-state index in [2.05, 4.69) is 35.4 Å². The number of carbonyl (C=O) groups excluding carboxylic acids is 1. The summed E-state index contributed by atoms with van der Waals surface area (Å²) in [5.74, 6) is -0.704. The number of aromatic nitrogens is 7. The molecule has 0 saturated carbocycles. The number of carbonyl (C=O) groups is 1. The molecule has 5 heterocycles. The number of nitrogens with one attached hydrogen (secondary N) is 1. The number of rotatable bonds is 4. The van der Waals surface area contributed by atoms with E-state index in [0.717, 1.165) is 48.6 Å². The van der Waals surface area contributed by atoms with Gasteiger partial charge in [-0.15, -0.1) is 0 Å². The van der Waals surface area contributed by atoms with Crippen molar-refractivity contribution >= 4 is 22.8 Å². The number of hydrogen-bond donors (Lipinski definition) is 1. The minimum atomic E-state index is -0.411. The van der Waals surface area contributed by atoms with E-state index >= 15 is 0 Å². The number of halogens is 2. The first-order valence-electron chi connectivity index (χ1n) is 11.2. The quantitative estimate of drug-likeness (QED) is 0.412. The zero-order chi connectivity index (χ0) is 24.9. The lowest BCUT2D eigenvalue weighted by atomic mass is 10.2. The molecule has 0 atom stereocenters. The van der Waals surface area contributed by atoms with Crippen molar-refractivity contribution in [1.82, 2.24) is 34.3 Å². The minimum Gasteiger partial charge on any atom is -0.371 e. The van der Waals surface area contributed by atoms with Gasteiger partial charge in [-0.3, -0.25) is 4.79 Å². The lowest BCUT2D eigenvalue weighted by Crippen LogP contribution is -2.18. The minimum absolute atomic E-state index is 0.259. The largest absolute Gasteiger partial charge is 0.371 e. The SMILES string of the molecule is Fc1ccc(F)cc1.O=C(Nc1cnc(-n2cncn2)nc1)c1cnn2ccc(N3CCCC3)cc12. The van der Waals surface area contributed by atoms with Gasteiger partial charge in [0, 0.05) is 25.0 Å². The third-order valence-electron chi connectivity index (χ3n) is 5.54. The summed E-state index contributed by atoms with van der Waals surface area (Å²) < 4.78 is 27.0. The average Bonchev–Trinajstić information content (AvgIpc) is 3.68. The number of benzene rings is 1. The van der Waals surface area contributed by atoms with Crippen molar-refractivity contribution in [3.63, 3.8) is 0 Å². The van der Waals surface area contributed by atoms with Crippen LogP contribution >= 0.6 is 0 Å². The smallest absolute Gasteiger partial charge is 0.259 e. The third-order valence-corrected chi connectivity index (χ3v) is 5.54. The molecule has 1 aliphatic heterocycles. The van der Waals surface area contributed by atoms with Crippen molar-refractivity contribution in [2.45, 2.75) is 12.8 Å². The molecule has 1 aliphatic rings. The molecule has 6 rings (SSSR count). The fraction of sp³-hybridized carbons (Fsp3) is 0.167. The molecule has 10 nitrogen and oxygen atoms in total. The van der Waals surface area contributed by atoms with E-state index in [9.17, 15) is 13.6 Å². The van der Waals surface area contributed by atoms with Crippen LogP contribution in [0.2, 0.25) is 0 Å². The molecule has 5 aromatic rings. The molecule has 0 radical (unpaired) electrons. The number of nitrogens with zero attached hydrogens (tertiary/aromatic N) is 8. The molecule has 12 heteroatoms. The van der Waals surface area contributed by atoms with E-state index in [1.807, 2.05) is 18.3 Å². The molecule has 0 bridgehead atoms. The standard InChI is InChI=1S/C18H17N9O.C6H4F2/c28-17(24-13-8-20-18(21-9-13)27-12-19-11-23-27)15-10-22-26-6-3-14(7-16(15)26)25-4-1-2-5-25;7-5-1-2-6(8)4-3-5/h3,6-12H,1-2,4-5H2,(H,24,28);1-4H. The topological polar surface area (TPSA) is 106 Å². The van der Waals surface area contributed by atoms with E-state index in [1.165, 1.54) is 42.6 Å². The fourth-order valence-corrected chi connectivity index (χ4v) is 3.76. The second-order valence-electron chi connectivity index (χ2n) is 7.97. The molecule has 182 valence electrons. The van der Waals surface area contributed by atoms with Crippen molar-refractivity contribution in [3.8, 4) is 5.95 Å². The zero-order valence-corrected chi connectivity index (χ0v) is 19.0. The van der Waals surface area contributed by atoms with Gasteiger partial charge in [0.2, 0.25) is 0 Å². The number of hydrogen-bond acceptors (Lipinski definition) is 7. The molecule has 1 fully saturated rings. The molecule has 36 heavy (non-hydrogen) atoms. The van der Waals surface area contributed by atoms with E-state index in [4.69, 9.17) is 0 Å². The van der Waals surface area contributed by atoms with Crippen LogP contribution in [0.25, 0.3) is 11.5 Å². The van der Waals surface area contributed by atoms with E-state index in [0.29, 0.717) is 17.2 Å². The van der Waals surface area contributed by atoms with Gasteiger partial charge in [0.05, 0.1) is 35.4 Å². The molecule has 0 unspecified atom stereocenters. The monoisotopic (exact) mass is 489 g/mol. The van der Waals surface area contributed by atoms with Gasteiger partial charge in [-0.2, -0.15) is 14.9 Å². The van der Waals surface area contributed by atoms with Crippen LogP contribution < -0.4 is 10.2 Å². The Morgan fingerprint density at radius 3 is 2.25 bits per heavy atom. The number of fused-ring (bicyclic) bond motifs is 1. The zero-order valence-electron chi connectivity index (χ0n) is 19.0. The Bertz CT molecular complexity index is 1420. The maximum absolute atomic E-state index is 12.8. The second kappa shape index (κ2) is 10.3. The Hall–Kier alpha value is -4.74. The number of pyridine rings is 1. The van der Waals surface area contributed by atoms with Gasteiger partial charge in [0.1, 0.15) is 24.3 Å². The maximum Gasteiger partial charge on any atom is 0.259 e. The van der Waals surface area contributed by atoms with Crippen LogP contribution in [-0.4, -0.2) is 53.3 Å². The van der Waals surface area contributed by atoms with E-state index < -0.39 is 11.6 Å². The van der Waals surface area contributed by atoms with Gasteiger partial charge in [0.25, 0.3) is 11.9 Å². The van der Waals surface area contributed by atoms with Crippen LogP contribution in [0.4, 0.5) is 20.2 Å². The molecular formula is C24H21F2N9O. The molecule has 1 N–H and O–H groups in total. The lowest BCUT2D eigenvalue weighted by Gasteiger charge is -2.17. The van der Waals surface area contributed by atoms with Gasteiger partial charge < -0.3 is 10.2 Å². The summed E-state index contributed by atoms with van der Waals surface area (Å²) in [7, 11) is 0. The van der Waals surface area contributed by atoms with Gasteiger partial charge in [-0.25, -0.2) is 28.2 Å². The molecule has 4 aromatic heterocycles. The molecular weight excluding hydrogens is 468 g/mol. The van der Waals surface area contributed by atoms with Crippen molar-refractivity contribution in [3.05, 3.63) is 91.0 Å². The Labute approximate surface area is 204 Å². The van der Waals surface area contributed by atoms with Crippen molar-refractivity contribution in [2.24, 2.45) is 0 Å². The lowest BCUT2D eigenvalue weighted by molar-refractivity contribution is 0.102. The summed E-state index contributed by atoms with van der Waals surface area (Å²) in [6.07, 6.45) is 11.8. The highest BCUT2D eigenvalue weighted by Gasteiger charge is 2.17. The highest BCUT2D eigenvalue weighted by atomic mass is 19.1. The first-order chi connectivity index (χ1) is 17.6. The first kappa shape index (κ1) is 23.0. The van der Waals surface area contributed by atoms with Crippen LogP contribution in [0.15, 0.2) is 73.8 Å². The summed E-state index contributed by atoms with van der Waals surface area (Å²) in [5.41, 5.74) is 2.87. The van der Waals surface area contributed by atoms with Crippen molar-refractivity contribution < 1.29 is 13.6 Å². The van der Waals surface area contributed by atoms with Crippen LogP contribution in [0.5, 0.6) is 0 Å². The van der Waals surface area contributed by atoms with E-state index in [1.54, 1.807) is 10.7 Å². The Morgan fingerprint density at radius 1 is 0.917 bits per heavy atom. The Balaban J connectivity index is 0.000000286. The van der Waals surface area contributed by atoms with Crippen LogP contribution in [-0.2, 0) is 0 Å². The summed E-state index contributed by atoms with van der Waals surface area (Å²) in [5, 5.41) is 11.1. The summed E-state index contributed by atoms with van der Waals surface area (Å²) >= 11 is 0. The third kappa shape index (κ3) is 5.17. The summed E-state index contributed by atoms with van der Waals surface area (Å²) in [6, 6.07) is 8.36. The van der Waals surface area contributed by atoms with Crippen molar-refractivity contribution in [1.29, 1.82) is 0 Å². The predicted molar refractivity (Wildman–Crippen MR) is 128 cm³/mol. The highest BCUT2D eigenvalue weighted by Crippen LogP contribution is 2.23. The molecule has 1 amide bonds. The van der Waals surface area contributed by atoms with Gasteiger partial charge in [0.15, 0.2) is 0 Å². The van der Waals surface area contributed by atoms with Crippen LogP contribution in [0, 0.1) is 11.6 Å². The summed E-state index contributed by atoms with van der Waals surface area (Å²) in [6.45, 7) is 2.09. The van der Waals surface area contributed by atoms with E-state index in [-0.39, 0.29) is 5.91 Å². The second-order valence-corrected chi connectivity index (χ2v) is 7.97. The average molecular weight is 489 g/mol. The highest BCUT2D eigenvalue weighted by molar-refractivity contribution is 6.08. The van der Waals surface area contributed by atoms with Gasteiger partial charge >= 0.3 is 0 Å². The number of amides is 1. The summed E-state index contributed by atoms with van der Waals surface area (Å²) in [4.78, 5) is 27.3. The van der Waals surface area contributed by atoms with Crippen LogP contribution in [0.1, 0.15) is 23.2 Å². The molecule has 0 aliphatic carbocycles. The number of anilines is 2. The Kier molecular flexibility index (Phi) is 6.56.